The fourth-order valence-electron chi connectivity index (χ4n) is 4.09. The molecule has 0 radical (unpaired) electrons. The smallest absolute Gasteiger partial charge is 0.245 e. The number of sulfone groups is 1. The van der Waals surface area contributed by atoms with Crippen molar-refractivity contribution >= 4 is 33.0 Å². The van der Waals surface area contributed by atoms with Crippen molar-refractivity contribution in [3.8, 4) is 16.2 Å². The number of amides is 2. The second-order valence-corrected chi connectivity index (χ2v) is 12.1. The number of hydrogen-bond donors (Lipinski definition) is 2. The number of hydroxylamine groups is 1. The Bertz CT molecular complexity index is 1090. The summed E-state index contributed by atoms with van der Waals surface area (Å²) in [5.41, 5.74) is 2.48. The molecular formula is C23H30N2O6S2. The number of methoxy groups -OCH3 is 1. The topological polar surface area (TPSA) is 113 Å². The Morgan fingerprint density at radius 3 is 2.48 bits per heavy atom. The number of ether oxygens (including phenoxy) is 1. The molecule has 8 nitrogen and oxygen atoms in total. The van der Waals surface area contributed by atoms with E-state index in [1.807, 2.05) is 44.2 Å². The maximum atomic E-state index is 13.6. The van der Waals surface area contributed by atoms with E-state index in [1.165, 1.54) is 11.3 Å². The van der Waals surface area contributed by atoms with Crippen molar-refractivity contribution in [3.05, 3.63) is 41.3 Å². The third-order valence-corrected chi connectivity index (χ3v) is 9.89. The molecule has 1 aliphatic heterocycles. The molecule has 0 spiro atoms. The Hall–Kier alpha value is -2.43. The lowest BCUT2D eigenvalue weighted by Gasteiger charge is -2.30. The van der Waals surface area contributed by atoms with Gasteiger partial charge in [-0.15, -0.1) is 11.3 Å². The van der Waals surface area contributed by atoms with E-state index in [0.29, 0.717) is 17.0 Å². The summed E-state index contributed by atoms with van der Waals surface area (Å²) < 4.78 is 30.8. The van der Waals surface area contributed by atoms with Crippen molar-refractivity contribution in [2.24, 2.45) is 5.92 Å². The Labute approximate surface area is 198 Å². The summed E-state index contributed by atoms with van der Waals surface area (Å²) in [6, 6.07) is 11.0. The van der Waals surface area contributed by atoms with E-state index >= 15 is 0 Å². The summed E-state index contributed by atoms with van der Waals surface area (Å²) in [5, 5.41) is 9.17. The van der Waals surface area contributed by atoms with Crippen molar-refractivity contribution in [1.82, 2.24) is 10.4 Å². The van der Waals surface area contributed by atoms with Crippen LogP contribution in [0.1, 0.15) is 38.0 Å². The Morgan fingerprint density at radius 2 is 1.88 bits per heavy atom. The van der Waals surface area contributed by atoms with Gasteiger partial charge in [0.2, 0.25) is 11.8 Å². The molecule has 1 atom stereocenters. The van der Waals surface area contributed by atoms with E-state index in [2.05, 4.69) is 0 Å². The number of carbonyl (C=O) groups excluding carboxylic acids is 2. The lowest BCUT2D eigenvalue weighted by Crippen LogP contribution is -2.41. The minimum atomic E-state index is -3.83. The van der Waals surface area contributed by atoms with Gasteiger partial charge in [-0.1, -0.05) is 13.8 Å². The molecule has 1 aromatic carbocycles. The third-order valence-electron chi connectivity index (χ3n) is 5.95. The van der Waals surface area contributed by atoms with Crippen LogP contribution in [0.25, 0.3) is 10.4 Å². The zero-order valence-corrected chi connectivity index (χ0v) is 20.7. The SMILES string of the molecule is COc1ccc(-c2ccc([C@@]3(CC(=O)NO)CCN(C(=O)CC(C)C)CCS3(=O)=O)s2)cc1. The number of thiophene rings is 1. The summed E-state index contributed by atoms with van der Waals surface area (Å²) in [6.07, 6.45) is 0.000554. The molecule has 10 heteroatoms. The molecule has 1 aromatic heterocycles. The van der Waals surface area contributed by atoms with Crippen molar-refractivity contribution in [2.75, 3.05) is 26.0 Å². The van der Waals surface area contributed by atoms with Crippen LogP contribution in [0.5, 0.6) is 5.75 Å². The van der Waals surface area contributed by atoms with Gasteiger partial charge in [0.15, 0.2) is 9.84 Å². The molecule has 2 amide bonds. The molecule has 2 heterocycles. The highest BCUT2D eigenvalue weighted by molar-refractivity contribution is 7.92. The Balaban J connectivity index is 2.01. The van der Waals surface area contributed by atoms with Crippen molar-refractivity contribution in [2.45, 2.75) is 37.9 Å². The van der Waals surface area contributed by atoms with Crippen molar-refractivity contribution in [3.63, 3.8) is 0 Å². The van der Waals surface area contributed by atoms with Gasteiger partial charge in [0.05, 0.1) is 19.3 Å². The standard InChI is InChI=1S/C23H30N2O6S2/c1-16(2)14-22(27)25-11-10-23(15-21(26)24-28,33(29,30)13-12-25)20-9-8-19(32-20)17-4-6-18(31-3)7-5-17/h4-9,16,28H,10-15H2,1-3H3,(H,24,26)/t23-/m0/s1. The van der Waals surface area contributed by atoms with Crippen LogP contribution < -0.4 is 10.2 Å². The molecule has 2 aromatic rings. The van der Waals surface area contributed by atoms with E-state index in [1.54, 1.807) is 23.6 Å². The van der Waals surface area contributed by atoms with Gasteiger partial charge < -0.3 is 9.64 Å². The molecule has 1 aliphatic rings. The van der Waals surface area contributed by atoms with E-state index in [-0.39, 0.29) is 37.1 Å². The van der Waals surface area contributed by atoms with Crippen molar-refractivity contribution in [1.29, 1.82) is 0 Å². The molecule has 33 heavy (non-hydrogen) atoms. The van der Waals surface area contributed by atoms with Crippen LogP contribution in [0.3, 0.4) is 0 Å². The summed E-state index contributed by atoms with van der Waals surface area (Å²) in [5.74, 6) is -0.242. The summed E-state index contributed by atoms with van der Waals surface area (Å²) >= 11 is 1.30. The molecular weight excluding hydrogens is 464 g/mol. The first-order valence-corrected chi connectivity index (χ1v) is 13.3. The minimum absolute atomic E-state index is 0.0785. The van der Waals surface area contributed by atoms with E-state index < -0.39 is 26.9 Å². The average molecular weight is 495 g/mol. The van der Waals surface area contributed by atoms with Crippen LogP contribution in [0.2, 0.25) is 0 Å². The Morgan fingerprint density at radius 1 is 1.18 bits per heavy atom. The number of hydrogen-bond acceptors (Lipinski definition) is 7. The summed E-state index contributed by atoms with van der Waals surface area (Å²) in [6.45, 7) is 4.19. The molecule has 0 saturated carbocycles. The van der Waals surface area contributed by atoms with E-state index in [0.717, 1.165) is 10.4 Å². The monoisotopic (exact) mass is 494 g/mol. The highest BCUT2D eigenvalue weighted by Crippen LogP contribution is 2.45. The molecule has 1 fully saturated rings. The number of rotatable bonds is 7. The predicted molar refractivity (Wildman–Crippen MR) is 127 cm³/mol. The van der Waals surface area contributed by atoms with Gasteiger partial charge in [-0.25, -0.2) is 13.9 Å². The summed E-state index contributed by atoms with van der Waals surface area (Å²) in [4.78, 5) is 27.8. The minimum Gasteiger partial charge on any atom is -0.497 e. The van der Waals surface area contributed by atoms with Gasteiger partial charge >= 0.3 is 0 Å². The van der Waals surface area contributed by atoms with Crippen LogP contribution in [-0.2, 0) is 24.2 Å². The number of nitrogens with one attached hydrogen (secondary N) is 1. The maximum absolute atomic E-state index is 13.6. The second kappa shape index (κ2) is 10.2. The third kappa shape index (κ3) is 5.39. The molecule has 0 unspecified atom stereocenters. The van der Waals surface area contributed by atoms with Gasteiger partial charge in [0, 0.05) is 29.3 Å². The van der Waals surface area contributed by atoms with Gasteiger partial charge in [-0.2, -0.15) is 0 Å². The van der Waals surface area contributed by atoms with Crippen LogP contribution in [0.15, 0.2) is 36.4 Å². The highest BCUT2D eigenvalue weighted by atomic mass is 32.2. The molecule has 0 aliphatic carbocycles. The molecule has 2 N–H and O–H groups in total. The summed E-state index contributed by atoms with van der Waals surface area (Å²) in [7, 11) is -2.25. The van der Waals surface area contributed by atoms with Crippen molar-refractivity contribution < 1.29 is 28.0 Å². The van der Waals surface area contributed by atoms with E-state index in [4.69, 9.17) is 4.74 Å². The zero-order chi connectivity index (χ0) is 24.2. The van der Waals surface area contributed by atoms with E-state index in [9.17, 15) is 23.2 Å². The van der Waals surface area contributed by atoms with Gasteiger partial charge in [-0.05, 0) is 54.3 Å². The zero-order valence-electron chi connectivity index (χ0n) is 19.0. The van der Waals surface area contributed by atoms with Gasteiger partial charge in [0.1, 0.15) is 10.5 Å². The van der Waals surface area contributed by atoms with Crippen LogP contribution in [-0.4, -0.2) is 56.3 Å². The maximum Gasteiger partial charge on any atom is 0.245 e. The van der Waals surface area contributed by atoms with Crippen LogP contribution in [0, 0.1) is 5.92 Å². The van der Waals surface area contributed by atoms with Crippen LogP contribution >= 0.6 is 11.3 Å². The number of nitrogens with zero attached hydrogens (tertiary/aromatic N) is 1. The van der Waals surface area contributed by atoms with Gasteiger partial charge in [-0.3, -0.25) is 14.8 Å². The molecule has 3 rings (SSSR count). The fraction of sp³-hybridized carbons (Fsp3) is 0.478. The first-order chi connectivity index (χ1) is 15.6. The predicted octanol–water partition coefficient (Wildman–Crippen LogP) is 3.21. The highest BCUT2D eigenvalue weighted by Gasteiger charge is 2.49. The Kier molecular flexibility index (Phi) is 7.81. The second-order valence-electron chi connectivity index (χ2n) is 8.65. The molecule has 180 valence electrons. The largest absolute Gasteiger partial charge is 0.497 e. The first-order valence-electron chi connectivity index (χ1n) is 10.8. The molecule has 1 saturated heterocycles. The van der Waals surface area contributed by atoms with Gasteiger partial charge in [0.25, 0.3) is 0 Å². The number of benzene rings is 1. The van der Waals surface area contributed by atoms with Crippen LogP contribution in [0.4, 0.5) is 0 Å². The normalized spacial score (nSPS) is 20.3. The lowest BCUT2D eigenvalue weighted by molar-refractivity contribution is -0.131. The fourth-order valence-corrected chi connectivity index (χ4v) is 7.70. The number of carbonyl (C=O) groups is 2. The average Bonchev–Trinajstić information content (AvgIpc) is 3.23. The molecule has 0 bridgehead atoms. The lowest BCUT2D eigenvalue weighted by atomic mass is 9.97. The first kappa shape index (κ1) is 25.2. The quantitative estimate of drug-likeness (QED) is 0.451.